The summed E-state index contributed by atoms with van der Waals surface area (Å²) in [6.45, 7) is 0. The number of fused-ring (bicyclic) bond motifs is 12. The van der Waals surface area contributed by atoms with E-state index >= 15 is 0 Å². The van der Waals surface area contributed by atoms with Crippen LogP contribution in [0.3, 0.4) is 0 Å². The summed E-state index contributed by atoms with van der Waals surface area (Å²) in [5.41, 5.74) is 13.7. The molecule has 13 rings (SSSR count). The largest absolute Gasteiger partial charge is 0.456 e. The van der Waals surface area contributed by atoms with Crippen LogP contribution in [0, 0.1) is 0 Å². The second-order valence-corrected chi connectivity index (χ2v) is 16.3. The lowest BCUT2D eigenvalue weighted by molar-refractivity contribution is 0.669. The molecule has 0 atom stereocenters. The number of benzene rings is 9. The SMILES string of the molecule is c1ccc(-n2c3ccccc3c3c(-c4ccc5c6ccccc6n(-c6cc(-c7ccc8oc9ccccc9c8c7)c7sc8ccccc8c7c6)c5c4)cccc32)cc1. The van der Waals surface area contributed by atoms with Gasteiger partial charge in [0.05, 0.1) is 22.1 Å². The number of rotatable bonds is 4. The topological polar surface area (TPSA) is 23.0 Å². The molecule has 0 saturated heterocycles. The molecule has 0 amide bonds. The highest BCUT2D eigenvalue weighted by molar-refractivity contribution is 7.26. The minimum atomic E-state index is 0.908. The molecule has 9 aromatic carbocycles. The first-order valence-corrected chi connectivity index (χ1v) is 20.6. The summed E-state index contributed by atoms with van der Waals surface area (Å²) in [6.07, 6.45) is 0. The zero-order valence-corrected chi connectivity index (χ0v) is 32.0. The number of aromatic nitrogens is 2. The van der Waals surface area contributed by atoms with Crippen molar-refractivity contribution in [2.45, 2.75) is 0 Å². The van der Waals surface area contributed by atoms with Crippen molar-refractivity contribution >= 4 is 97.1 Å². The van der Waals surface area contributed by atoms with Gasteiger partial charge in [0.15, 0.2) is 0 Å². The summed E-state index contributed by atoms with van der Waals surface area (Å²) in [7, 11) is 0. The molecule has 4 aromatic heterocycles. The first-order chi connectivity index (χ1) is 28.8. The lowest BCUT2D eigenvalue weighted by Gasteiger charge is -2.13. The van der Waals surface area contributed by atoms with E-state index in [4.69, 9.17) is 4.42 Å². The lowest BCUT2D eigenvalue weighted by Crippen LogP contribution is -1.95. The van der Waals surface area contributed by atoms with E-state index in [0.717, 1.165) is 33.3 Å². The summed E-state index contributed by atoms with van der Waals surface area (Å²) in [5.74, 6) is 0. The van der Waals surface area contributed by atoms with Crippen LogP contribution in [0.4, 0.5) is 0 Å². The summed E-state index contributed by atoms with van der Waals surface area (Å²) < 4.78 is 13.7. The van der Waals surface area contributed by atoms with Gasteiger partial charge in [0.1, 0.15) is 11.2 Å². The molecule has 13 aromatic rings. The molecule has 0 aliphatic heterocycles. The molecule has 0 radical (unpaired) electrons. The molecule has 4 heteroatoms. The average molecular weight is 757 g/mol. The van der Waals surface area contributed by atoms with Gasteiger partial charge in [0.2, 0.25) is 0 Å². The summed E-state index contributed by atoms with van der Waals surface area (Å²) in [6, 6.07) is 70.8. The molecular formula is C54H32N2OS. The fraction of sp³-hybridized carbons (Fsp3) is 0. The van der Waals surface area contributed by atoms with Crippen molar-refractivity contribution in [1.29, 1.82) is 0 Å². The second-order valence-electron chi connectivity index (χ2n) is 15.2. The van der Waals surface area contributed by atoms with Crippen molar-refractivity contribution in [2.24, 2.45) is 0 Å². The molecule has 0 spiro atoms. The Labute approximate surface area is 336 Å². The molecule has 270 valence electrons. The predicted octanol–water partition coefficient (Wildman–Crippen LogP) is 15.5. The van der Waals surface area contributed by atoms with Crippen molar-refractivity contribution in [3.8, 4) is 33.6 Å². The third kappa shape index (κ3) is 4.49. The van der Waals surface area contributed by atoms with E-state index in [1.807, 2.05) is 17.4 Å². The Bertz CT molecular complexity index is 3800. The summed E-state index contributed by atoms with van der Waals surface area (Å²) in [5, 5.41) is 9.82. The van der Waals surface area contributed by atoms with Crippen molar-refractivity contribution < 1.29 is 4.42 Å². The zero-order valence-electron chi connectivity index (χ0n) is 31.2. The van der Waals surface area contributed by atoms with Gasteiger partial charge < -0.3 is 13.6 Å². The third-order valence-corrected chi connectivity index (χ3v) is 13.3. The van der Waals surface area contributed by atoms with Crippen LogP contribution in [-0.4, -0.2) is 9.13 Å². The highest BCUT2D eigenvalue weighted by atomic mass is 32.1. The van der Waals surface area contributed by atoms with Crippen molar-refractivity contribution in [1.82, 2.24) is 9.13 Å². The Hall–Kier alpha value is -7.40. The van der Waals surface area contributed by atoms with E-state index in [-0.39, 0.29) is 0 Å². The maximum atomic E-state index is 6.28. The Morgan fingerprint density at radius 2 is 0.983 bits per heavy atom. The molecule has 0 aliphatic rings. The number of para-hydroxylation sites is 4. The fourth-order valence-corrected chi connectivity index (χ4v) is 10.8. The Morgan fingerprint density at radius 1 is 0.345 bits per heavy atom. The Balaban J connectivity index is 1.09. The molecule has 0 fully saturated rings. The van der Waals surface area contributed by atoms with Gasteiger partial charge in [-0.1, -0.05) is 121 Å². The molecule has 0 bridgehead atoms. The maximum absolute atomic E-state index is 6.28. The van der Waals surface area contributed by atoms with Crippen LogP contribution in [0.15, 0.2) is 199 Å². The van der Waals surface area contributed by atoms with E-state index in [1.54, 1.807) is 0 Å². The van der Waals surface area contributed by atoms with Crippen LogP contribution in [0.2, 0.25) is 0 Å². The summed E-state index contributed by atoms with van der Waals surface area (Å²) >= 11 is 1.87. The van der Waals surface area contributed by atoms with Crippen LogP contribution in [-0.2, 0) is 0 Å². The van der Waals surface area contributed by atoms with E-state index in [9.17, 15) is 0 Å². The van der Waals surface area contributed by atoms with Gasteiger partial charge in [-0.3, -0.25) is 0 Å². The first kappa shape index (κ1) is 31.8. The highest BCUT2D eigenvalue weighted by Crippen LogP contribution is 2.45. The van der Waals surface area contributed by atoms with Gasteiger partial charge >= 0.3 is 0 Å². The van der Waals surface area contributed by atoms with Gasteiger partial charge in [-0.15, -0.1) is 11.3 Å². The number of thiophene rings is 1. The van der Waals surface area contributed by atoms with E-state index in [2.05, 4.69) is 197 Å². The molecule has 0 unspecified atom stereocenters. The maximum Gasteiger partial charge on any atom is 0.135 e. The highest BCUT2D eigenvalue weighted by Gasteiger charge is 2.21. The molecule has 0 saturated carbocycles. The summed E-state index contributed by atoms with van der Waals surface area (Å²) in [4.78, 5) is 0. The van der Waals surface area contributed by atoms with Crippen LogP contribution in [0.5, 0.6) is 0 Å². The van der Waals surface area contributed by atoms with Crippen molar-refractivity contribution in [2.75, 3.05) is 0 Å². The quantitative estimate of drug-likeness (QED) is 0.175. The van der Waals surface area contributed by atoms with Crippen molar-refractivity contribution in [3.63, 3.8) is 0 Å². The van der Waals surface area contributed by atoms with Crippen molar-refractivity contribution in [3.05, 3.63) is 194 Å². The van der Waals surface area contributed by atoms with Crippen LogP contribution < -0.4 is 0 Å². The lowest BCUT2D eigenvalue weighted by atomic mass is 9.98. The molecule has 4 heterocycles. The Morgan fingerprint density at radius 3 is 1.86 bits per heavy atom. The van der Waals surface area contributed by atoms with E-state index in [0.29, 0.717) is 0 Å². The van der Waals surface area contributed by atoms with E-state index < -0.39 is 0 Å². The molecule has 3 nitrogen and oxygen atoms in total. The van der Waals surface area contributed by atoms with Gasteiger partial charge in [-0.25, -0.2) is 0 Å². The molecule has 0 aliphatic carbocycles. The Kier molecular flexibility index (Phi) is 6.60. The van der Waals surface area contributed by atoms with Crippen LogP contribution >= 0.6 is 11.3 Å². The number of hydrogen-bond acceptors (Lipinski definition) is 2. The number of furan rings is 1. The van der Waals surface area contributed by atoms with Gasteiger partial charge in [0, 0.05) is 69.4 Å². The molecule has 0 N–H and O–H groups in total. The third-order valence-electron chi connectivity index (χ3n) is 12.1. The smallest absolute Gasteiger partial charge is 0.135 e. The number of hydrogen-bond donors (Lipinski definition) is 0. The zero-order chi connectivity index (χ0) is 37.9. The fourth-order valence-electron chi connectivity index (χ4n) is 9.58. The average Bonchev–Trinajstić information content (AvgIpc) is 4.03. The number of nitrogens with zero attached hydrogens (tertiary/aromatic N) is 2. The van der Waals surface area contributed by atoms with Crippen LogP contribution in [0.1, 0.15) is 0 Å². The normalized spacial score (nSPS) is 12.1. The standard InChI is InChI=1S/C54H32N2OS/c1-2-13-35(14-3-1)55-47-21-9-5-18-42(47)53-37(19-12-22-48(53)55)34-25-27-39-38-15-4-8-20-46(38)56(49(39)30-34)36-31-43(54-45(32-36)41-17-7-11-24-52(41)58-54)33-26-28-51-44(29-33)40-16-6-10-23-50(40)57-51/h1-32H. The van der Waals surface area contributed by atoms with Gasteiger partial charge in [0.25, 0.3) is 0 Å². The van der Waals surface area contributed by atoms with Gasteiger partial charge in [-0.2, -0.15) is 0 Å². The van der Waals surface area contributed by atoms with E-state index in [1.165, 1.54) is 86.0 Å². The first-order valence-electron chi connectivity index (χ1n) is 19.8. The minimum Gasteiger partial charge on any atom is -0.456 e. The predicted molar refractivity (Wildman–Crippen MR) is 246 cm³/mol. The van der Waals surface area contributed by atoms with Gasteiger partial charge in [-0.05, 0) is 89.5 Å². The molecular weight excluding hydrogens is 725 g/mol. The van der Waals surface area contributed by atoms with Crippen LogP contribution in [0.25, 0.3) is 119 Å². The second kappa shape index (κ2) is 12.1. The monoisotopic (exact) mass is 756 g/mol. The molecule has 58 heavy (non-hydrogen) atoms. The minimum absolute atomic E-state index is 0.908.